The zero-order chi connectivity index (χ0) is 21.4. The van der Waals surface area contributed by atoms with E-state index >= 15 is 0 Å². The second-order valence-electron chi connectivity index (χ2n) is 8.05. The zero-order valence-electron chi connectivity index (χ0n) is 16.9. The Morgan fingerprint density at radius 3 is 2.61 bits per heavy atom. The predicted octanol–water partition coefficient (Wildman–Crippen LogP) is 4.04. The van der Waals surface area contributed by atoms with Crippen molar-refractivity contribution in [3.05, 3.63) is 77.2 Å². The Hall–Kier alpha value is -3.74. The van der Waals surface area contributed by atoms with Gasteiger partial charge in [-0.25, -0.2) is 9.20 Å². The molecular weight excluding hydrogens is 392 g/mol. The van der Waals surface area contributed by atoms with E-state index in [0.717, 1.165) is 35.2 Å². The molecule has 1 N–H and O–H groups in total. The second-order valence-corrected chi connectivity index (χ2v) is 8.05. The summed E-state index contributed by atoms with van der Waals surface area (Å²) in [5, 5.41) is 18.6. The van der Waals surface area contributed by atoms with Gasteiger partial charge >= 0.3 is 5.97 Å². The van der Waals surface area contributed by atoms with Crippen molar-refractivity contribution in [3.8, 4) is 22.5 Å². The van der Waals surface area contributed by atoms with Crippen molar-refractivity contribution in [3.63, 3.8) is 0 Å². The maximum Gasteiger partial charge on any atom is 0.303 e. The lowest BCUT2D eigenvalue weighted by Crippen LogP contribution is -2.26. The van der Waals surface area contributed by atoms with Crippen molar-refractivity contribution in [2.45, 2.75) is 31.7 Å². The van der Waals surface area contributed by atoms with E-state index in [-0.39, 0.29) is 23.9 Å². The molecule has 1 fully saturated rings. The van der Waals surface area contributed by atoms with E-state index in [0.29, 0.717) is 12.1 Å². The van der Waals surface area contributed by atoms with Crippen LogP contribution in [-0.4, -0.2) is 30.5 Å². The molecule has 1 aliphatic rings. The number of pyridine rings is 1. The van der Waals surface area contributed by atoms with Gasteiger partial charge < -0.3 is 5.11 Å². The first kappa shape index (κ1) is 19.2. The van der Waals surface area contributed by atoms with Gasteiger partial charge in [0.15, 0.2) is 0 Å². The minimum absolute atomic E-state index is 0.0803. The molecule has 3 heterocycles. The average Bonchev–Trinajstić information content (AvgIpc) is 3.39. The van der Waals surface area contributed by atoms with Gasteiger partial charge in [0.1, 0.15) is 5.69 Å². The zero-order valence-corrected chi connectivity index (χ0v) is 16.9. The summed E-state index contributed by atoms with van der Waals surface area (Å²) in [5.41, 5.74) is 4.08. The second kappa shape index (κ2) is 7.83. The van der Waals surface area contributed by atoms with E-state index in [9.17, 15) is 9.59 Å². The molecule has 1 aliphatic carbocycles. The van der Waals surface area contributed by atoms with Crippen LogP contribution < -0.4 is 5.56 Å². The molecule has 7 nitrogen and oxygen atoms in total. The minimum Gasteiger partial charge on any atom is -0.481 e. The molecular formula is C24H22N4O3. The number of carboxylic acid groups (broad SMARTS) is 1. The van der Waals surface area contributed by atoms with Crippen molar-refractivity contribution in [1.82, 2.24) is 19.4 Å². The fraction of sp³-hybridized carbons (Fsp3) is 0.250. The van der Waals surface area contributed by atoms with Crippen LogP contribution in [0, 0.1) is 5.92 Å². The molecule has 7 heteroatoms. The predicted molar refractivity (Wildman–Crippen MR) is 117 cm³/mol. The summed E-state index contributed by atoms with van der Waals surface area (Å²) in [6, 6.07) is 19.0. The lowest BCUT2D eigenvalue weighted by atomic mass is 10.0. The van der Waals surface area contributed by atoms with Crippen molar-refractivity contribution in [2.75, 3.05) is 0 Å². The first-order valence-corrected chi connectivity index (χ1v) is 10.4. The smallest absolute Gasteiger partial charge is 0.303 e. The van der Waals surface area contributed by atoms with Crippen molar-refractivity contribution < 1.29 is 9.90 Å². The highest BCUT2D eigenvalue weighted by atomic mass is 16.4. The average molecular weight is 414 g/mol. The molecule has 1 saturated carbocycles. The van der Waals surface area contributed by atoms with E-state index in [1.54, 1.807) is 16.8 Å². The normalized spacial score (nSPS) is 18.5. The van der Waals surface area contributed by atoms with Crippen LogP contribution in [0.2, 0.25) is 0 Å². The van der Waals surface area contributed by atoms with Gasteiger partial charge in [0.05, 0.1) is 22.8 Å². The van der Waals surface area contributed by atoms with Crippen LogP contribution in [-0.2, 0) is 4.79 Å². The third kappa shape index (κ3) is 3.63. The van der Waals surface area contributed by atoms with Gasteiger partial charge in [-0.2, -0.15) is 10.2 Å². The molecule has 0 spiro atoms. The fourth-order valence-corrected chi connectivity index (χ4v) is 4.57. The Bertz CT molecular complexity index is 1310. The Morgan fingerprint density at radius 2 is 1.81 bits per heavy atom. The monoisotopic (exact) mass is 414 g/mol. The molecule has 2 atom stereocenters. The number of carboxylic acids is 1. The molecule has 0 unspecified atom stereocenters. The number of rotatable bonds is 5. The van der Waals surface area contributed by atoms with Crippen LogP contribution >= 0.6 is 0 Å². The Kier molecular flexibility index (Phi) is 4.86. The molecule has 3 aromatic heterocycles. The molecule has 0 aliphatic heterocycles. The third-order valence-electron chi connectivity index (χ3n) is 5.99. The van der Waals surface area contributed by atoms with Gasteiger partial charge in [0.25, 0.3) is 5.56 Å². The molecule has 5 rings (SSSR count). The molecule has 1 aromatic carbocycles. The van der Waals surface area contributed by atoms with E-state index in [1.807, 2.05) is 59.2 Å². The number of aliphatic carboxylic acids is 1. The number of hydrogen-bond donors (Lipinski definition) is 1. The lowest BCUT2D eigenvalue weighted by molar-refractivity contribution is -0.138. The van der Waals surface area contributed by atoms with E-state index < -0.39 is 5.97 Å². The van der Waals surface area contributed by atoms with Crippen LogP contribution in [0.1, 0.15) is 31.7 Å². The summed E-state index contributed by atoms with van der Waals surface area (Å²) < 4.78 is 3.37. The SMILES string of the molecule is O=C(O)C[C@H]1CC[C@H](n2nc(-c3c(-c4ccccc4)nn4ccccc34)ccc2=O)C1. The number of carbonyl (C=O) groups is 1. The largest absolute Gasteiger partial charge is 0.481 e. The molecule has 4 aromatic rings. The summed E-state index contributed by atoms with van der Waals surface area (Å²) in [6.45, 7) is 0. The number of benzene rings is 1. The van der Waals surface area contributed by atoms with Crippen molar-refractivity contribution in [2.24, 2.45) is 5.92 Å². The molecule has 0 amide bonds. The molecule has 156 valence electrons. The number of nitrogens with zero attached hydrogens (tertiary/aromatic N) is 4. The maximum absolute atomic E-state index is 12.6. The van der Waals surface area contributed by atoms with Gasteiger partial charge in [-0.05, 0) is 43.4 Å². The number of fused-ring (bicyclic) bond motifs is 1. The first-order chi connectivity index (χ1) is 15.1. The van der Waals surface area contributed by atoms with E-state index in [2.05, 4.69) is 0 Å². The fourth-order valence-electron chi connectivity index (χ4n) is 4.57. The summed E-state index contributed by atoms with van der Waals surface area (Å²) in [4.78, 5) is 23.7. The highest BCUT2D eigenvalue weighted by Gasteiger charge is 2.29. The molecule has 0 saturated heterocycles. The maximum atomic E-state index is 12.6. The summed E-state index contributed by atoms with van der Waals surface area (Å²) in [5.74, 6) is -0.713. The van der Waals surface area contributed by atoms with Gasteiger partial charge in [-0.1, -0.05) is 36.4 Å². The molecule has 31 heavy (non-hydrogen) atoms. The Balaban J connectivity index is 1.61. The van der Waals surface area contributed by atoms with Gasteiger partial charge in [-0.15, -0.1) is 0 Å². The quantitative estimate of drug-likeness (QED) is 0.532. The summed E-state index contributed by atoms with van der Waals surface area (Å²) >= 11 is 0. The van der Waals surface area contributed by atoms with Crippen molar-refractivity contribution >= 4 is 11.5 Å². The standard InChI is InChI=1S/C24H22N4O3/c29-21-12-11-19(25-28(21)18-10-9-16(14-18)15-22(30)31)23-20-8-4-5-13-27(20)26-24(23)17-6-2-1-3-7-17/h1-8,11-13,16,18H,9-10,14-15H2,(H,30,31)/t16-,18-/m0/s1. The topological polar surface area (TPSA) is 89.5 Å². The van der Waals surface area contributed by atoms with E-state index in [1.165, 1.54) is 0 Å². The third-order valence-corrected chi connectivity index (χ3v) is 5.99. The molecule has 0 radical (unpaired) electrons. The Morgan fingerprint density at radius 1 is 1.00 bits per heavy atom. The van der Waals surface area contributed by atoms with Gasteiger partial charge in [-0.3, -0.25) is 9.59 Å². The highest BCUT2D eigenvalue weighted by molar-refractivity contribution is 5.90. The minimum atomic E-state index is -0.793. The van der Waals surface area contributed by atoms with Crippen LogP contribution in [0.15, 0.2) is 71.7 Å². The number of hydrogen-bond acceptors (Lipinski definition) is 4. The summed E-state index contributed by atoms with van der Waals surface area (Å²) in [6.07, 6.45) is 4.24. The lowest BCUT2D eigenvalue weighted by Gasteiger charge is -2.14. The van der Waals surface area contributed by atoms with Crippen molar-refractivity contribution in [1.29, 1.82) is 0 Å². The van der Waals surface area contributed by atoms with Crippen LogP contribution in [0.5, 0.6) is 0 Å². The van der Waals surface area contributed by atoms with E-state index in [4.69, 9.17) is 15.3 Å². The number of aromatic nitrogens is 4. The highest BCUT2D eigenvalue weighted by Crippen LogP contribution is 2.37. The van der Waals surface area contributed by atoms with Crippen LogP contribution in [0.25, 0.3) is 28.0 Å². The Labute approximate surface area is 178 Å². The van der Waals surface area contributed by atoms with Gasteiger partial charge in [0, 0.05) is 24.2 Å². The van der Waals surface area contributed by atoms with Gasteiger partial charge in [0.2, 0.25) is 0 Å². The van der Waals surface area contributed by atoms with Crippen LogP contribution in [0.3, 0.4) is 0 Å². The first-order valence-electron chi connectivity index (χ1n) is 10.4. The van der Waals surface area contributed by atoms with Crippen LogP contribution in [0.4, 0.5) is 0 Å². The molecule has 0 bridgehead atoms. The summed E-state index contributed by atoms with van der Waals surface area (Å²) in [7, 11) is 0.